The molecule has 2 rings (SSSR count). The highest BCUT2D eigenvalue weighted by Gasteiger charge is 2.39. The van der Waals surface area contributed by atoms with Crippen molar-refractivity contribution in [3.05, 3.63) is 28.7 Å². The van der Waals surface area contributed by atoms with Gasteiger partial charge >= 0.3 is 0 Å². The van der Waals surface area contributed by atoms with Crippen molar-refractivity contribution in [2.75, 3.05) is 27.2 Å². The molecule has 0 radical (unpaired) electrons. The molecule has 112 valence electrons. The minimum absolute atomic E-state index is 0.160. The summed E-state index contributed by atoms with van der Waals surface area (Å²) in [6.45, 7) is 0.762. The van der Waals surface area contributed by atoms with Crippen LogP contribution >= 0.6 is 15.9 Å². The topological polar surface area (TPSA) is 60.9 Å². The third-order valence-electron chi connectivity index (χ3n) is 3.32. The van der Waals surface area contributed by atoms with E-state index in [-0.39, 0.29) is 17.5 Å². The number of aliphatic hydroxyl groups excluding tert-OH is 1. The smallest absolute Gasteiger partial charge is 0.243 e. The molecule has 0 bridgehead atoms. The van der Waals surface area contributed by atoms with Crippen molar-refractivity contribution in [2.24, 2.45) is 0 Å². The normalized spacial score (nSPS) is 24.4. The first-order chi connectivity index (χ1) is 9.30. The fourth-order valence-corrected chi connectivity index (χ4v) is 4.77. The second kappa shape index (κ2) is 6.11. The van der Waals surface area contributed by atoms with Gasteiger partial charge in [-0.05, 0) is 38.7 Å². The van der Waals surface area contributed by atoms with Crippen molar-refractivity contribution in [1.29, 1.82) is 0 Å². The number of sulfonamides is 1. The molecule has 1 aromatic rings. The Balaban J connectivity index is 2.32. The lowest BCUT2D eigenvalue weighted by molar-refractivity contribution is 0.188. The van der Waals surface area contributed by atoms with Crippen LogP contribution in [0.4, 0.5) is 0 Å². The molecule has 1 saturated heterocycles. The van der Waals surface area contributed by atoms with Crippen LogP contribution in [0.2, 0.25) is 0 Å². The molecular formula is C13H19BrN2O3S. The molecule has 0 amide bonds. The van der Waals surface area contributed by atoms with Gasteiger partial charge in [0.05, 0.1) is 11.0 Å². The summed E-state index contributed by atoms with van der Waals surface area (Å²) < 4.78 is 27.5. The maximum absolute atomic E-state index is 12.7. The van der Waals surface area contributed by atoms with Gasteiger partial charge in [0.1, 0.15) is 0 Å². The van der Waals surface area contributed by atoms with Gasteiger partial charge in [-0.3, -0.25) is 0 Å². The lowest BCUT2D eigenvalue weighted by Crippen LogP contribution is -2.41. The van der Waals surface area contributed by atoms with E-state index in [1.165, 1.54) is 4.31 Å². The Morgan fingerprint density at radius 2 is 2.15 bits per heavy atom. The van der Waals surface area contributed by atoms with E-state index < -0.39 is 16.1 Å². The van der Waals surface area contributed by atoms with Crippen molar-refractivity contribution >= 4 is 26.0 Å². The zero-order valence-corrected chi connectivity index (χ0v) is 13.9. The molecule has 2 unspecified atom stereocenters. The SMILES string of the molecule is CN(C)CC1CC(O)CN1S(=O)(=O)c1cccc(Br)c1. The average molecular weight is 363 g/mol. The standard InChI is InChI=1S/C13H19BrN2O3S/c1-15(2)8-11-7-12(17)9-16(11)20(18,19)13-5-3-4-10(14)6-13/h3-6,11-12,17H,7-9H2,1-2H3. The van der Waals surface area contributed by atoms with Gasteiger partial charge in [0, 0.05) is 23.6 Å². The first-order valence-electron chi connectivity index (χ1n) is 6.41. The Hall–Kier alpha value is -0.470. The molecule has 1 N–H and O–H groups in total. The maximum atomic E-state index is 12.7. The maximum Gasteiger partial charge on any atom is 0.243 e. The van der Waals surface area contributed by atoms with Crippen molar-refractivity contribution in [3.8, 4) is 0 Å². The monoisotopic (exact) mass is 362 g/mol. The first-order valence-corrected chi connectivity index (χ1v) is 8.64. The summed E-state index contributed by atoms with van der Waals surface area (Å²) in [5, 5.41) is 9.81. The largest absolute Gasteiger partial charge is 0.392 e. The summed E-state index contributed by atoms with van der Waals surface area (Å²) in [6.07, 6.45) is -0.118. The average Bonchev–Trinajstić information content (AvgIpc) is 2.70. The highest BCUT2D eigenvalue weighted by molar-refractivity contribution is 9.10. The van der Waals surface area contributed by atoms with Gasteiger partial charge in [-0.15, -0.1) is 0 Å². The summed E-state index contributed by atoms with van der Waals surface area (Å²) in [4.78, 5) is 2.19. The predicted octanol–water partition coefficient (Wildman–Crippen LogP) is 1.13. The Bertz CT molecular complexity index is 577. The predicted molar refractivity (Wildman–Crippen MR) is 81.0 cm³/mol. The van der Waals surface area contributed by atoms with Gasteiger partial charge in [0.25, 0.3) is 0 Å². The van der Waals surface area contributed by atoms with E-state index >= 15 is 0 Å². The van der Waals surface area contributed by atoms with E-state index in [2.05, 4.69) is 15.9 Å². The lowest BCUT2D eigenvalue weighted by atomic mass is 10.2. The number of hydrogen-bond donors (Lipinski definition) is 1. The van der Waals surface area contributed by atoms with Crippen LogP contribution in [-0.4, -0.2) is 62.1 Å². The number of aliphatic hydroxyl groups is 1. The highest BCUT2D eigenvalue weighted by atomic mass is 79.9. The van der Waals surface area contributed by atoms with Gasteiger partial charge in [-0.2, -0.15) is 4.31 Å². The minimum Gasteiger partial charge on any atom is -0.392 e. The number of rotatable bonds is 4. The van der Waals surface area contributed by atoms with Crippen LogP contribution in [0.3, 0.4) is 0 Å². The van der Waals surface area contributed by atoms with Gasteiger partial charge in [0.2, 0.25) is 10.0 Å². The van der Waals surface area contributed by atoms with Crippen LogP contribution in [-0.2, 0) is 10.0 Å². The summed E-state index contributed by atoms with van der Waals surface area (Å²) in [5.41, 5.74) is 0. The molecular weight excluding hydrogens is 344 g/mol. The number of halogens is 1. The number of likely N-dealkylation sites (N-methyl/N-ethyl adjacent to an activating group) is 1. The Morgan fingerprint density at radius 3 is 2.75 bits per heavy atom. The Labute approximate surface area is 128 Å². The van der Waals surface area contributed by atoms with E-state index in [4.69, 9.17) is 0 Å². The van der Waals surface area contributed by atoms with E-state index in [0.29, 0.717) is 13.0 Å². The van der Waals surface area contributed by atoms with Crippen LogP contribution in [0, 0.1) is 0 Å². The molecule has 0 saturated carbocycles. The van der Waals surface area contributed by atoms with E-state index in [1.54, 1.807) is 24.3 Å². The number of hydrogen-bond acceptors (Lipinski definition) is 4. The van der Waals surface area contributed by atoms with Gasteiger partial charge in [-0.1, -0.05) is 22.0 Å². The fraction of sp³-hybridized carbons (Fsp3) is 0.538. The first kappa shape index (κ1) is 15.9. The van der Waals surface area contributed by atoms with Gasteiger partial charge < -0.3 is 10.0 Å². The molecule has 0 aliphatic carbocycles. The second-order valence-corrected chi connectivity index (χ2v) is 8.14. The fourth-order valence-electron chi connectivity index (χ4n) is 2.51. The van der Waals surface area contributed by atoms with Crippen LogP contribution < -0.4 is 0 Å². The lowest BCUT2D eigenvalue weighted by Gasteiger charge is -2.26. The van der Waals surface area contributed by atoms with Crippen LogP contribution in [0.15, 0.2) is 33.6 Å². The Morgan fingerprint density at radius 1 is 1.45 bits per heavy atom. The summed E-state index contributed by atoms with van der Waals surface area (Å²) in [7, 11) is 0.223. The van der Waals surface area contributed by atoms with Gasteiger partial charge in [0.15, 0.2) is 0 Å². The third kappa shape index (κ3) is 3.40. The molecule has 0 spiro atoms. The number of β-amino-alcohol motifs (C(OH)–C–C–N with tert-alkyl or cyclic N) is 1. The van der Waals surface area contributed by atoms with Gasteiger partial charge in [-0.25, -0.2) is 8.42 Å². The molecule has 1 aliphatic rings. The Kier molecular flexibility index (Phi) is 4.86. The number of benzene rings is 1. The molecule has 1 aromatic carbocycles. The van der Waals surface area contributed by atoms with Crippen LogP contribution in [0.25, 0.3) is 0 Å². The molecule has 20 heavy (non-hydrogen) atoms. The molecule has 1 fully saturated rings. The van der Waals surface area contributed by atoms with Crippen molar-refractivity contribution in [3.63, 3.8) is 0 Å². The molecule has 2 atom stereocenters. The van der Waals surface area contributed by atoms with E-state index in [9.17, 15) is 13.5 Å². The number of nitrogens with zero attached hydrogens (tertiary/aromatic N) is 2. The summed E-state index contributed by atoms with van der Waals surface area (Å²) in [5.74, 6) is 0. The summed E-state index contributed by atoms with van der Waals surface area (Å²) >= 11 is 3.29. The molecule has 5 nitrogen and oxygen atoms in total. The highest BCUT2D eigenvalue weighted by Crippen LogP contribution is 2.27. The van der Waals surface area contributed by atoms with E-state index in [0.717, 1.165) is 4.47 Å². The van der Waals surface area contributed by atoms with Crippen molar-refractivity contribution in [1.82, 2.24) is 9.21 Å². The minimum atomic E-state index is -3.57. The zero-order valence-electron chi connectivity index (χ0n) is 11.5. The van der Waals surface area contributed by atoms with Crippen LogP contribution in [0.5, 0.6) is 0 Å². The zero-order chi connectivity index (χ0) is 14.9. The molecule has 0 aromatic heterocycles. The molecule has 1 heterocycles. The second-order valence-electron chi connectivity index (χ2n) is 5.34. The quantitative estimate of drug-likeness (QED) is 0.872. The van der Waals surface area contributed by atoms with Crippen molar-refractivity contribution in [2.45, 2.75) is 23.5 Å². The van der Waals surface area contributed by atoms with Crippen molar-refractivity contribution < 1.29 is 13.5 Å². The molecule has 1 aliphatic heterocycles. The third-order valence-corrected chi connectivity index (χ3v) is 5.73. The molecule has 7 heteroatoms. The summed E-state index contributed by atoms with van der Waals surface area (Å²) in [6, 6.07) is 6.47. The van der Waals surface area contributed by atoms with Crippen LogP contribution in [0.1, 0.15) is 6.42 Å². The van der Waals surface area contributed by atoms with E-state index in [1.807, 2.05) is 19.0 Å².